The Kier molecular flexibility index (Phi) is 3.38. The zero-order chi connectivity index (χ0) is 11.7. The first-order valence-electron chi connectivity index (χ1n) is 5.22. The highest BCUT2D eigenvalue weighted by Gasteiger charge is 2.25. The summed E-state index contributed by atoms with van der Waals surface area (Å²) < 4.78 is 27.1. The first-order valence-corrected chi connectivity index (χ1v) is 6.01. The average Bonchev–Trinajstić information content (AvgIpc) is 3.02. The molecule has 0 N–H and O–H groups in total. The van der Waals surface area contributed by atoms with Gasteiger partial charge in [0.1, 0.15) is 17.4 Å². The van der Waals surface area contributed by atoms with Crippen LogP contribution in [0.25, 0.3) is 0 Å². The van der Waals surface area contributed by atoms with Gasteiger partial charge in [-0.15, -0.1) is 0 Å². The summed E-state index contributed by atoms with van der Waals surface area (Å²) in [7, 11) is 0. The van der Waals surface area contributed by atoms with Crippen LogP contribution in [0.1, 0.15) is 24.8 Å². The molecule has 0 spiro atoms. The van der Waals surface area contributed by atoms with Crippen LogP contribution >= 0.6 is 15.9 Å². The number of carbonyl (C=O) groups is 1. The second-order valence-corrected chi connectivity index (χ2v) is 5.04. The number of halogens is 3. The molecule has 0 amide bonds. The standard InChI is InChI=1S/C12H11BrF2O/c13-10-3-4-11(14)9(12(10)15)6-8(16)5-7-1-2-7/h3-4,7H,1-2,5-6H2. The van der Waals surface area contributed by atoms with Gasteiger partial charge < -0.3 is 0 Å². The van der Waals surface area contributed by atoms with E-state index in [1.807, 2.05) is 0 Å². The molecule has 1 nitrogen and oxygen atoms in total. The molecule has 86 valence electrons. The van der Waals surface area contributed by atoms with Crippen LogP contribution < -0.4 is 0 Å². The lowest BCUT2D eigenvalue weighted by Crippen LogP contribution is -2.07. The Morgan fingerprint density at radius 1 is 1.38 bits per heavy atom. The van der Waals surface area contributed by atoms with Crippen molar-refractivity contribution in [2.24, 2.45) is 5.92 Å². The van der Waals surface area contributed by atoms with Gasteiger partial charge in [-0.2, -0.15) is 0 Å². The monoisotopic (exact) mass is 288 g/mol. The molecule has 1 saturated carbocycles. The van der Waals surface area contributed by atoms with Gasteiger partial charge in [-0.3, -0.25) is 4.79 Å². The predicted octanol–water partition coefficient (Wildman–Crippen LogP) is 3.64. The third-order valence-electron chi connectivity index (χ3n) is 2.73. The fourth-order valence-electron chi connectivity index (χ4n) is 1.64. The molecule has 1 aliphatic rings. The number of hydrogen-bond donors (Lipinski definition) is 0. The van der Waals surface area contributed by atoms with Gasteiger partial charge in [-0.1, -0.05) is 0 Å². The van der Waals surface area contributed by atoms with Gasteiger partial charge in [-0.25, -0.2) is 8.78 Å². The predicted molar refractivity (Wildman–Crippen MR) is 60.1 cm³/mol. The molecule has 1 aliphatic carbocycles. The summed E-state index contributed by atoms with van der Waals surface area (Å²) in [5.74, 6) is -0.946. The van der Waals surface area contributed by atoms with Gasteiger partial charge in [0.15, 0.2) is 0 Å². The molecule has 0 bridgehead atoms. The van der Waals surface area contributed by atoms with E-state index in [4.69, 9.17) is 0 Å². The molecule has 1 fully saturated rings. The maximum atomic E-state index is 13.5. The van der Waals surface area contributed by atoms with Crippen molar-refractivity contribution in [3.8, 4) is 0 Å². The summed E-state index contributed by atoms with van der Waals surface area (Å²) >= 11 is 2.98. The van der Waals surface area contributed by atoms with Crippen LogP contribution in [0.2, 0.25) is 0 Å². The zero-order valence-electron chi connectivity index (χ0n) is 8.60. The number of carbonyl (C=O) groups excluding carboxylic acids is 1. The van der Waals surface area contributed by atoms with E-state index < -0.39 is 11.6 Å². The number of Topliss-reactive ketones (excluding diaryl/α,β-unsaturated/α-hetero) is 1. The van der Waals surface area contributed by atoms with E-state index in [-0.39, 0.29) is 22.2 Å². The Morgan fingerprint density at radius 3 is 2.69 bits per heavy atom. The third-order valence-corrected chi connectivity index (χ3v) is 3.34. The van der Waals surface area contributed by atoms with Crippen LogP contribution in [0.3, 0.4) is 0 Å². The minimum Gasteiger partial charge on any atom is -0.299 e. The first kappa shape index (κ1) is 11.7. The summed E-state index contributed by atoms with van der Waals surface area (Å²) in [5.41, 5.74) is -0.125. The highest BCUT2D eigenvalue weighted by Crippen LogP contribution is 2.33. The molecule has 1 aromatic carbocycles. The molecular weight excluding hydrogens is 278 g/mol. The van der Waals surface area contributed by atoms with Crippen molar-refractivity contribution in [2.75, 3.05) is 0 Å². The lowest BCUT2D eigenvalue weighted by atomic mass is 10.0. The number of ketones is 1. The Morgan fingerprint density at radius 2 is 2.06 bits per heavy atom. The second-order valence-electron chi connectivity index (χ2n) is 4.18. The van der Waals surface area contributed by atoms with E-state index in [1.54, 1.807) is 0 Å². The van der Waals surface area contributed by atoms with Gasteiger partial charge >= 0.3 is 0 Å². The Hall–Kier alpha value is -0.770. The highest BCUT2D eigenvalue weighted by molar-refractivity contribution is 9.10. The van der Waals surface area contributed by atoms with Crippen LogP contribution in [0, 0.1) is 17.6 Å². The molecule has 0 aromatic heterocycles. The van der Waals surface area contributed by atoms with Crippen molar-refractivity contribution in [3.63, 3.8) is 0 Å². The molecule has 0 radical (unpaired) electrons. The molecular formula is C12H11BrF2O. The molecule has 0 saturated heterocycles. The fourth-order valence-corrected chi connectivity index (χ4v) is 2.02. The Bertz CT molecular complexity index is 427. The minimum atomic E-state index is -0.663. The molecule has 1 aromatic rings. The van der Waals surface area contributed by atoms with Gasteiger partial charge in [0.25, 0.3) is 0 Å². The lowest BCUT2D eigenvalue weighted by molar-refractivity contribution is -0.118. The van der Waals surface area contributed by atoms with Crippen LogP contribution in [0.15, 0.2) is 16.6 Å². The number of hydrogen-bond acceptors (Lipinski definition) is 1. The summed E-state index contributed by atoms with van der Waals surface area (Å²) in [6, 6.07) is 2.48. The van der Waals surface area contributed by atoms with Crippen molar-refractivity contribution in [3.05, 3.63) is 33.8 Å². The zero-order valence-corrected chi connectivity index (χ0v) is 10.2. The van der Waals surface area contributed by atoms with Crippen LogP contribution in [0.5, 0.6) is 0 Å². The normalized spacial score (nSPS) is 15.2. The molecule has 0 unspecified atom stereocenters. The van der Waals surface area contributed by atoms with Crippen molar-refractivity contribution < 1.29 is 13.6 Å². The van der Waals surface area contributed by atoms with Crippen molar-refractivity contribution in [1.82, 2.24) is 0 Å². The smallest absolute Gasteiger partial charge is 0.143 e. The molecule has 0 aliphatic heterocycles. The van der Waals surface area contributed by atoms with E-state index >= 15 is 0 Å². The van der Waals surface area contributed by atoms with E-state index in [9.17, 15) is 13.6 Å². The molecule has 0 atom stereocenters. The topological polar surface area (TPSA) is 17.1 Å². The lowest BCUT2D eigenvalue weighted by Gasteiger charge is -2.05. The van der Waals surface area contributed by atoms with Crippen molar-refractivity contribution in [1.29, 1.82) is 0 Å². The van der Waals surface area contributed by atoms with Crippen LogP contribution in [-0.2, 0) is 11.2 Å². The third kappa shape index (κ3) is 2.67. The average molecular weight is 289 g/mol. The summed E-state index contributed by atoms with van der Waals surface area (Å²) in [6.45, 7) is 0. The second kappa shape index (κ2) is 4.62. The Balaban J connectivity index is 2.12. The molecule has 0 heterocycles. The first-order chi connectivity index (χ1) is 7.58. The van der Waals surface area contributed by atoms with Crippen LogP contribution in [0.4, 0.5) is 8.78 Å². The van der Waals surface area contributed by atoms with E-state index in [2.05, 4.69) is 15.9 Å². The highest BCUT2D eigenvalue weighted by atomic mass is 79.9. The maximum absolute atomic E-state index is 13.5. The van der Waals surface area contributed by atoms with E-state index in [1.165, 1.54) is 12.1 Å². The quantitative estimate of drug-likeness (QED) is 0.773. The van der Waals surface area contributed by atoms with E-state index in [0.29, 0.717) is 12.3 Å². The van der Waals surface area contributed by atoms with E-state index in [0.717, 1.165) is 12.8 Å². The van der Waals surface area contributed by atoms with Gasteiger partial charge in [-0.05, 0) is 46.8 Å². The molecule has 2 rings (SSSR count). The Labute approximate surface area is 101 Å². The summed E-state index contributed by atoms with van der Waals surface area (Å²) in [6.07, 6.45) is 2.43. The fraction of sp³-hybridized carbons (Fsp3) is 0.417. The minimum absolute atomic E-state index is 0.0848. The maximum Gasteiger partial charge on any atom is 0.143 e. The van der Waals surface area contributed by atoms with Gasteiger partial charge in [0.05, 0.1) is 4.47 Å². The largest absolute Gasteiger partial charge is 0.299 e. The molecule has 4 heteroatoms. The summed E-state index contributed by atoms with van der Waals surface area (Å²) in [4.78, 5) is 11.5. The summed E-state index contributed by atoms with van der Waals surface area (Å²) in [5, 5.41) is 0. The molecule has 16 heavy (non-hydrogen) atoms. The van der Waals surface area contributed by atoms with Gasteiger partial charge in [0, 0.05) is 18.4 Å². The van der Waals surface area contributed by atoms with Crippen molar-refractivity contribution in [2.45, 2.75) is 25.7 Å². The number of benzene rings is 1. The number of rotatable bonds is 4. The van der Waals surface area contributed by atoms with Crippen molar-refractivity contribution >= 4 is 21.7 Å². The SMILES string of the molecule is O=C(Cc1c(F)ccc(Br)c1F)CC1CC1. The van der Waals surface area contributed by atoms with Crippen LogP contribution in [-0.4, -0.2) is 5.78 Å². The van der Waals surface area contributed by atoms with Gasteiger partial charge in [0.2, 0.25) is 0 Å².